The third-order valence-electron chi connectivity index (χ3n) is 7.27. The van der Waals surface area contributed by atoms with Crippen LogP contribution in [0, 0.1) is 0 Å². The van der Waals surface area contributed by atoms with E-state index in [1.54, 1.807) is 0 Å². The van der Waals surface area contributed by atoms with Crippen molar-refractivity contribution in [1.29, 1.82) is 0 Å². The number of phenolic OH excluding ortho intramolecular Hbond substituents is 7. The van der Waals surface area contributed by atoms with Gasteiger partial charge in [0, 0.05) is 34.7 Å². The maximum absolute atomic E-state index is 13.0. The molecule has 0 aliphatic carbocycles. The number of phenols is 7. The number of hydrogen-bond acceptors (Lipinski definition) is 12. The van der Waals surface area contributed by atoms with Crippen LogP contribution >= 0.6 is 27.0 Å². The Bertz CT molecular complexity index is 1970. The van der Waals surface area contributed by atoms with Gasteiger partial charge in [0.2, 0.25) is 16.9 Å². The first-order chi connectivity index (χ1) is 20.0. The van der Waals surface area contributed by atoms with Gasteiger partial charge in [-0.25, -0.2) is 0 Å². The van der Waals surface area contributed by atoms with E-state index >= 15 is 0 Å². The molecule has 1 aliphatic rings. The maximum atomic E-state index is 13.0. The van der Waals surface area contributed by atoms with Gasteiger partial charge in [-0.15, -0.1) is 0 Å². The molecule has 2 unspecified atom stereocenters. The quantitative estimate of drug-likeness (QED) is 0.128. The second kappa shape index (κ2) is 11.6. The van der Waals surface area contributed by atoms with E-state index in [2.05, 4.69) is 0 Å². The van der Waals surface area contributed by atoms with Crippen molar-refractivity contribution in [2.24, 2.45) is 0 Å². The van der Waals surface area contributed by atoms with E-state index in [1.165, 1.54) is 42.5 Å². The molecule has 1 aromatic heterocycles. The second-order valence-corrected chi connectivity index (χ2v) is 9.82. The fraction of sp³-hybridized carbons (Fsp3) is 0.100. The Morgan fingerprint density at radius 3 is 2.05 bits per heavy atom. The summed E-state index contributed by atoms with van der Waals surface area (Å²) in [7, 11) is 0. The third-order valence-corrected chi connectivity index (χ3v) is 7.27. The fourth-order valence-electron chi connectivity index (χ4n) is 5.27. The average molecular weight is 643 g/mol. The van der Waals surface area contributed by atoms with E-state index in [-0.39, 0.29) is 77.5 Å². The van der Waals surface area contributed by atoms with Gasteiger partial charge in [0.1, 0.15) is 28.9 Å². The van der Waals surface area contributed by atoms with E-state index in [1.807, 2.05) is 0 Å². The van der Waals surface area contributed by atoms with Crippen LogP contribution in [0.25, 0.3) is 22.3 Å². The molecule has 12 nitrogen and oxygen atoms in total. The molecule has 14 heteroatoms. The van der Waals surface area contributed by atoms with Crippen LogP contribution in [0.2, 0.25) is 0 Å². The highest BCUT2D eigenvalue weighted by Gasteiger charge is 2.43. The molecule has 0 radical (unpaired) electrons. The number of fused-ring (bicyclic) bond motifs is 2. The van der Waals surface area contributed by atoms with E-state index in [4.69, 9.17) is 9.15 Å². The lowest BCUT2D eigenvalue weighted by Gasteiger charge is -2.38. The predicted octanol–water partition coefficient (Wildman–Crippen LogP) is 3.96. The zero-order chi connectivity index (χ0) is 30.0. The molecule has 0 saturated carbocycles. The van der Waals surface area contributed by atoms with Gasteiger partial charge >= 0.3 is 0 Å². The number of ether oxygens (including phenoxy) is 1. The first kappa shape index (κ1) is 31.9. The fourth-order valence-corrected chi connectivity index (χ4v) is 5.27. The van der Waals surface area contributed by atoms with Gasteiger partial charge in [0.25, 0.3) is 0 Å². The lowest BCUT2D eigenvalue weighted by molar-refractivity contribution is 0.00781. The van der Waals surface area contributed by atoms with Crippen LogP contribution in [0.15, 0.2) is 69.9 Å². The predicted molar refractivity (Wildman–Crippen MR) is 166 cm³/mol. The minimum atomic E-state index is -1.63. The van der Waals surface area contributed by atoms with Gasteiger partial charge < -0.3 is 55.1 Å². The molecule has 3 atom stereocenters. The summed E-state index contributed by atoms with van der Waals surface area (Å²) in [6.07, 6.45) is -2.92. The van der Waals surface area contributed by atoms with E-state index in [0.29, 0.717) is 0 Å². The molecule has 44 heavy (non-hydrogen) atoms. The lowest BCUT2D eigenvalue weighted by Crippen LogP contribution is -2.35. The molecule has 0 amide bonds. The molecule has 230 valence electrons. The number of aromatic hydroxyl groups is 8. The van der Waals surface area contributed by atoms with Crippen molar-refractivity contribution in [3.63, 3.8) is 0 Å². The number of hydrogen-bond donors (Lipinski definition) is 9. The minimum Gasteiger partial charge on any atom is -0.508 e. The van der Waals surface area contributed by atoms with Gasteiger partial charge in [-0.05, 0) is 42.0 Å². The molecule has 0 fully saturated rings. The Morgan fingerprint density at radius 1 is 0.659 bits per heavy atom. The van der Waals surface area contributed by atoms with Crippen molar-refractivity contribution in [1.82, 2.24) is 0 Å². The van der Waals surface area contributed by atoms with Crippen molar-refractivity contribution < 1.29 is 55.1 Å². The topological polar surface area (TPSA) is 222 Å². The summed E-state index contributed by atoms with van der Waals surface area (Å²) >= 11 is 0. The first-order valence-electron chi connectivity index (χ1n) is 12.4. The molecule has 9 N–H and O–H groups in total. The summed E-state index contributed by atoms with van der Waals surface area (Å²) in [4.78, 5) is 13.0. The highest BCUT2D eigenvalue weighted by atomic mass is 32.1. The van der Waals surface area contributed by atoms with Crippen LogP contribution in [-0.4, -0.2) is 52.1 Å². The van der Waals surface area contributed by atoms with Crippen molar-refractivity contribution in [2.45, 2.75) is 18.1 Å². The molecular formula is C30H26O12S2. The Balaban J connectivity index is 0.00000221. The van der Waals surface area contributed by atoms with E-state index in [0.717, 1.165) is 18.2 Å². The van der Waals surface area contributed by atoms with Gasteiger partial charge in [-0.3, -0.25) is 4.79 Å². The largest absolute Gasteiger partial charge is 0.508 e. The molecule has 2 heterocycles. The molecular weight excluding hydrogens is 616 g/mol. The second-order valence-electron chi connectivity index (χ2n) is 9.82. The van der Waals surface area contributed by atoms with Crippen LogP contribution in [0.1, 0.15) is 28.7 Å². The number of benzene rings is 4. The maximum Gasteiger partial charge on any atom is 0.235 e. The summed E-state index contributed by atoms with van der Waals surface area (Å²) in [6, 6.07) is 12.0. The third kappa shape index (κ3) is 4.98. The first-order valence-corrected chi connectivity index (χ1v) is 12.4. The summed E-state index contributed by atoms with van der Waals surface area (Å²) in [5.41, 5.74) is -1.31. The van der Waals surface area contributed by atoms with Crippen LogP contribution in [-0.2, 0) is 0 Å². The zero-order valence-electron chi connectivity index (χ0n) is 22.3. The standard InChI is InChI=1S/C30H22O12.2H2S/c31-12-2-4-14-20(8-12)41-29(11-1-6-17(33)18(34)7-11)27(39)22(14)23-16(10-19(35)25(37)26(23)38)30-28(40)24(36)15-5-3-13(32)9-21(15)42-30;;/h1-10,22,27,29,31-35,37-40H;2*1H2/t22?,27-,29?;;/m0../s1. The van der Waals surface area contributed by atoms with Crippen LogP contribution in [0.5, 0.6) is 51.7 Å². The van der Waals surface area contributed by atoms with Crippen molar-refractivity contribution >= 4 is 38.0 Å². The highest BCUT2D eigenvalue weighted by molar-refractivity contribution is 7.59. The van der Waals surface area contributed by atoms with Crippen molar-refractivity contribution in [3.8, 4) is 63.1 Å². The average Bonchev–Trinajstić information content (AvgIpc) is 2.95. The van der Waals surface area contributed by atoms with E-state index in [9.17, 15) is 50.8 Å². The van der Waals surface area contributed by atoms with Gasteiger partial charge in [-0.2, -0.15) is 27.0 Å². The summed E-state index contributed by atoms with van der Waals surface area (Å²) in [5.74, 6) is -6.99. The Hall–Kier alpha value is -5.05. The van der Waals surface area contributed by atoms with Crippen LogP contribution in [0.3, 0.4) is 0 Å². The molecule has 5 aromatic rings. The molecule has 1 aliphatic heterocycles. The molecule has 4 aromatic carbocycles. The molecule has 0 saturated heterocycles. The highest BCUT2D eigenvalue weighted by Crippen LogP contribution is 2.55. The van der Waals surface area contributed by atoms with Gasteiger partial charge in [0.05, 0.1) is 5.39 Å². The van der Waals surface area contributed by atoms with E-state index < -0.39 is 63.8 Å². The number of aliphatic hydroxyl groups excluding tert-OH is 1. The molecule has 0 spiro atoms. The SMILES string of the molecule is O=c1c(O)c(-c2cc(O)c(O)c(O)c2C2c3ccc(O)cc3OC(c3ccc(O)c(O)c3)[C@H]2O)oc2cc(O)ccc12.S.S. The summed E-state index contributed by atoms with van der Waals surface area (Å²) in [6.45, 7) is 0. The smallest absolute Gasteiger partial charge is 0.235 e. The lowest BCUT2D eigenvalue weighted by atomic mass is 9.77. The number of aliphatic hydroxyl groups is 1. The van der Waals surface area contributed by atoms with Crippen LogP contribution in [0.4, 0.5) is 0 Å². The normalized spacial score (nSPS) is 17.2. The minimum absolute atomic E-state index is 0. The molecule has 6 rings (SSSR count). The van der Waals surface area contributed by atoms with Crippen molar-refractivity contribution in [2.75, 3.05) is 0 Å². The van der Waals surface area contributed by atoms with Gasteiger partial charge in [0.15, 0.2) is 34.9 Å². The number of rotatable bonds is 3. The Kier molecular flexibility index (Phi) is 8.37. The monoisotopic (exact) mass is 642 g/mol. The molecule has 0 bridgehead atoms. The van der Waals surface area contributed by atoms with Crippen molar-refractivity contribution in [3.05, 3.63) is 87.6 Å². The Morgan fingerprint density at radius 2 is 1.34 bits per heavy atom. The zero-order valence-corrected chi connectivity index (χ0v) is 24.3. The van der Waals surface area contributed by atoms with Gasteiger partial charge in [-0.1, -0.05) is 12.1 Å². The van der Waals surface area contributed by atoms with Crippen LogP contribution < -0.4 is 10.2 Å². The summed E-state index contributed by atoms with van der Waals surface area (Å²) < 4.78 is 11.7. The Labute approximate surface area is 261 Å². The summed E-state index contributed by atoms with van der Waals surface area (Å²) in [5, 5.41) is 94.7.